The molecule has 1 N–H and O–H groups in total. The zero-order chi connectivity index (χ0) is 12.4. The number of fused-ring (bicyclic) bond motifs is 1. The van der Waals surface area contributed by atoms with Gasteiger partial charge in [-0.1, -0.05) is 23.7 Å². The van der Waals surface area contributed by atoms with Crippen molar-refractivity contribution in [2.75, 3.05) is 0 Å². The van der Waals surface area contributed by atoms with Gasteiger partial charge in [0.1, 0.15) is 0 Å². The number of nitrogens with zero attached hydrogens (tertiary/aromatic N) is 1. The summed E-state index contributed by atoms with van der Waals surface area (Å²) >= 11 is 1.13. The van der Waals surface area contributed by atoms with E-state index in [2.05, 4.69) is 5.92 Å². The van der Waals surface area contributed by atoms with Crippen molar-refractivity contribution in [3.05, 3.63) is 34.6 Å². The summed E-state index contributed by atoms with van der Waals surface area (Å²) in [7, 11) is 0. The molecule has 17 heavy (non-hydrogen) atoms. The highest BCUT2D eigenvalue weighted by molar-refractivity contribution is 7.13. The Labute approximate surface area is 101 Å². The second-order valence-corrected chi connectivity index (χ2v) is 4.50. The molecule has 0 radical (unpaired) electrons. The highest BCUT2D eigenvalue weighted by Crippen LogP contribution is 2.21. The lowest BCUT2D eigenvalue weighted by molar-refractivity contribution is -0.140. The SMILES string of the molecule is C#CCC(C(=O)O)n1sc2ccccc2c1=O. The lowest BCUT2D eigenvalue weighted by Crippen LogP contribution is -2.25. The van der Waals surface area contributed by atoms with Gasteiger partial charge >= 0.3 is 5.97 Å². The Bertz CT molecular complexity index is 662. The minimum atomic E-state index is -1.09. The molecule has 0 amide bonds. The highest BCUT2D eigenvalue weighted by atomic mass is 32.1. The first-order valence-electron chi connectivity index (χ1n) is 4.92. The molecule has 2 rings (SSSR count). The van der Waals surface area contributed by atoms with Gasteiger partial charge in [-0.15, -0.1) is 12.3 Å². The van der Waals surface area contributed by atoms with E-state index in [0.717, 1.165) is 16.2 Å². The van der Waals surface area contributed by atoms with Crippen molar-refractivity contribution in [1.82, 2.24) is 3.96 Å². The number of carboxylic acid groups (broad SMARTS) is 1. The number of aliphatic carboxylic acids is 1. The van der Waals surface area contributed by atoms with Crippen LogP contribution in [0.1, 0.15) is 12.5 Å². The van der Waals surface area contributed by atoms with Gasteiger partial charge in [-0.25, -0.2) is 8.75 Å². The zero-order valence-electron chi connectivity index (χ0n) is 8.79. The Hall–Kier alpha value is -2.06. The first-order valence-corrected chi connectivity index (χ1v) is 5.69. The van der Waals surface area contributed by atoms with Crippen molar-refractivity contribution in [3.63, 3.8) is 0 Å². The molecular formula is C12H9NO3S. The number of hydrogen-bond donors (Lipinski definition) is 1. The molecule has 1 aromatic heterocycles. The third kappa shape index (κ3) is 1.95. The molecule has 0 saturated heterocycles. The van der Waals surface area contributed by atoms with E-state index in [0.29, 0.717) is 5.39 Å². The fraction of sp³-hybridized carbons (Fsp3) is 0.167. The number of aromatic nitrogens is 1. The lowest BCUT2D eigenvalue weighted by Gasteiger charge is -2.07. The van der Waals surface area contributed by atoms with Gasteiger partial charge in [0.15, 0.2) is 6.04 Å². The summed E-state index contributed by atoms with van der Waals surface area (Å²) in [6, 6.07) is 6.04. The van der Waals surface area contributed by atoms with Gasteiger partial charge < -0.3 is 5.11 Å². The van der Waals surface area contributed by atoms with Crippen LogP contribution in [0.25, 0.3) is 10.1 Å². The van der Waals surface area contributed by atoms with Crippen LogP contribution in [-0.4, -0.2) is 15.0 Å². The Morgan fingerprint density at radius 1 is 1.53 bits per heavy atom. The molecule has 0 bridgehead atoms. The fourth-order valence-corrected chi connectivity index (χ4v) is 2.65. The molecule has 1 heterocycles. The van der Waals surface area contributed by atoms with Gasteiger partial charge in [0.05, 0.1) is 10.1 Å². The summed E-state index contributed by atoms with van der Waals surface area (Å²) in [5.74, 6) is 1.20. The number of terminal acetylenes is 1. The van der Waals surface area contributed by atoms with Gasteiger partial charge in [0.2, 0.25) is 0 Å². The molecule has 5 heteroatoms. The third-order valence-electron chi connectivity index (χ3n) is 2.39. The monoisotopic (exact) mass is 247 g/mol. The van der Waals surface area contributed by atoms with Crippen molar-refractivity contribution in [2.24, 2.45) is 0 Å². The maximum absolute atomic E-state index is 12.0. The van der Waals surface area contributed by atoms with E-state index in [-0.39, 0.29) is 12.0 Å². The van der Waals surface area contributed by atoms with Gasteiger partial charge in [0.25, 0.3) is 5.56 Å². The normalized spacial score (nSPS) is 12.2. The molecule has 1 unspecified atom stereocenters. The first kappa shape index (κ1) is 11.4. The van der Waals surface area contributed by atoms with Crippen LogP contribution in [0.5, 0.6) is 0 Å². The number of rotatable bonds is 3. The third-order valence-corrected chi connectivity index (χ3v) is 3.56. The topological polar surface area (TPSA) is 59.3 Å². The smallest absolute Gasteiger partial charge is 0.328 e. The summed E-state index contributed by atoms with van der Waals surface area (Å²) in [5.41, 5.74) is -0.298. The van der Waals surface area contributed by atoms with Crippen LogP contribution >= 0.6 is 11.5 Å². The summed E-state index contributed by atoms with van der Waals surface area (Å²) in [5, 5.41) is 9.59. The van der Waals surface area contributed by atoms with Crippen molar-refractivity contribution >= 4 is 27.6 Å². The van der Waals surface area contributed by atoms with Gasteiger partial charge in [0, 0.05) is 6.42 Å². The molecule has 0 saturated carbocycles. The molecule has 0 aliphatic carbocycles. The van der Waals surface area contributed by atoms with Crippen LogP contribution in [0, 0.1) is 12.3 Å². The number of benzene rings is 1. The highest BCUT2D eigenvalue weighted by Gasteiger charge is 2.22. The number of hydrogen-bond acceptors (Lipinski definition) is 3. The van der Waals surface area contributed by atoms with E-state index in [1.807, 2.05) is 0 Å². The molecule has 1 aromatic carbocycles. The van der Waals surface area contributed by atoms with Crippen LogP contribution in [0.3, 0.4) is 0 Å². The summed E-state index contributed by atoms with van der Waals surface area (Å²) in [6.07, 6.45) is 5.13. The van der Waals surface area contributed by atoms with Gasteiger partial charge in [-0.05, 0) is 12.1 Å². The zero-order valence-corrected chi connectivity index (χ0v) is 9.61. The molecule has 0 aliphatic heterocycles. The Balaban J connectivity index is 2.62. The van der Waals surface area contributed by atoms with Crippen LogP contribution < -0.4 is 5.56 Å². The van der Waals surface area contributed by atoms with E-state index >= 15 is 0 Å². The number of carbonyl (C=O) groups is 1. The van der Waals surface area contributed by atoms with Crippen molar-refractivity contribution < 1.29 is 9.90 Å². The van der Waals surface area contributed by atoms with Crippen LogP contribution in [0.15, 0.2) is 29.1 Å². The largest absolute Gasteiger partial charge is 0.480 e. The van der Waals surface area contributed by atoms with Crippen molar-refractivity contribution in [1.29, 1.82) is 0 Å². The molecule has 2 aromatic rings. The van der Waals surface area contributed by atoms with Crippen molar-refractivity contribution in [2.45, 2.75) is 12.5 Å². The Kier molecular flexibility index (Phi) is 2.98. The molecule has 4 nitrogen and oxygen atoms in total. The second-order valence-electron chi connectivity index (χ2n) is 3.48. The maximum Gasteiger partial charge on any atom is 0.328 e. The summed E-state index contributed by atoms with van der Waals surface area (Å²) in [4.78, 5) is 23.1. The molecule has 0 spiro atoms. The minimum Gasteiger partial charge on any atom is -0.480 e. The average Bonchev–Trinajstić information content (AvgIpc) is 2.64. The standard InChI is InChI=1S/C12H9NO3S/c1-2-5-9(12(15)16)13-11(14)8-6-3-4-7-10(8)17-13/h1,3-4,6-7,9H,5H2,(H,15,16). The second kappa shape index (κ2) is 4.44. The Morgan fingerprint density at radius 2 is 2.24 bits per heavy atom. The lowest BCUT2D eigenvalue weighted by atomic mass is 10.2. The van der Waals surface area contributed by atoms with Crippen LogP contribution in [0.2, 0.25) is 0 Å². The summed E-state index contributed by atoms with van der Waals surface area (Å²) in [6.45, 7) is 0. The van der Waals surface area contributed by atoms with E-state index in [4.69, 9.17) is 11.5 Å². The van der Waals surface area contributed by atoms with E-state index in [1.54, 1.807) is 24.3 Å². The van der Waals surface area contributed by atoms with Crippen molar-refractivity contribution in [3.8, 4) is 12.3 Å². The van der Waals surface area contributed by atoms with Crippen LogP contribution in [0.4, 0.5) is 0 Å². The molecule has 0 aliphatic rings. The van der Waals surface area contributed by atoms with Gasteiger partial charge in [-0.3, -0.25) is 4.79 Å². The molecule has 0 fully saturated rings. The molecule has 86 valence electrons. The average molecular weight is 247 g/mol. The predicted octanol–water partition coefficient (Wildman–Crippen LogP) is 1.71. The summed E-state index contributed by atoms with van der Waals surface area (Å²) < 4.78 is 1.99. The van der Waals surface area contributed by atoms with Gasteiger partial charge in [-0.2, -0.15) is 0 Å². The molecule has 1 atom stereocenters. The number of carboxylic acids is 1. The predicted molar refractivity (Wildman–Crippen MR) is 66.2 cm³/mol. The fourth-order valence-electron chi connectivity index (χ4n) is 1.58. The maximum atomic E-state index is 12.0. The minimum absolute atomic E-state index is 0.00205. The first-order chi connectivity index (χ1) is 8.15. The molecular weight excluding hydrogens is 238 g/mol. The van der Waals surface area contributed by atoms with Crippen LogP contribution in [-0.2, 0) is 4.79 Å². The quantitative estimate of drug-likeness (QED) is 0.840. The van der Waals surface area contributed by atoms with E-state index < -0.39 is 12.0 Å². The van der Waals surface area contributed by atoms with E-state index in [1.165, 1.54) is 3.96 Å². The Morgan fingerprint density at radius 3 is 2.82 bits per heavy atom. The van der Waals surface area contributed by atoms with E-state index in [9.17, 15) is 9.59 Å².